The molecule has 0 amide bonds. The number of hydrogen-bond acceptors (Lipinski definition) is 3. The second-order valence-electron chi connectivity index (χ2n) is 4.78. The predicted molar refractivity (Wildman–Crippen MR) is 77.3 cm³/mol. The highest BCUT2D eigenvalue weighted by molar-refractivity contribution is 7.71. The molecule has 2 rings (SSSR count). The summed E-state index contributed by atoms with van der Waals surface area (Å²) in [4.78, 5) is 16.1. The molecule has 1 aromatic heterocycles. The molecule has 1 heterocycles. The topological polar surface area (TPSA) is 61.3 Å². The second kappa shape index (κ2) is 5.54. The Kier molecular flexibility index (Phi) is 4.01. The standard InChI is InChI=1S/C13H17N3O2S/c1-15(2)6-3-7-16-11-5-4-9(12(17)18)8-10(11)14-13(16)19/h4-5,8H,3,6-7H2,1-2H3,(H,14,19)(H,17,18). The lowest BCUT2D eigenvalue weighted by Gasteiger charge is -2.10. The Labute approximate surface area is 116 Å². The van der Waals surface area contributed by atoms with Crippen molar-refractivity contribution in [3.8, 4) is 0 Å². The number of imidazole rings is 1. The van der Waals surface area contributed by atoms with E-state index in [0.29, 0.717) is 4.77 Å². The van der Waals surface area contributed by atoms with Crippen LogP contribution in [0.1, 0.15) is 16.8 Å². The number of aromatic nitrogens is 2. The fourth-order valence-electron chi connectivity index (χ4n) is 2.06. The second-order valence-corrected chi connectivity index (χ2v) is 5.16. The van der Waals surface area contributed by atoms with Crippen molar-refractivity contribution in [3.63, 3.8) is 0 Å². The third kappa shape index (κ3) is 3.02. The molecule has 5 nitrogen and oxygen atoms in total. The summed E-state index contributed by atoms with van der Waals surface area (Å²) in [6, 6.07) is 5.03. The number of rotatable bonds is 5. The number of benzene rings is 1. The number of aryl methyl sites for hydroxylation is 1. The van der Waals surface area contributed by atoms with Crippen LogP contribution in [0.3, 0.4) is 0 Å². The molecule has 0 bridgehead atoms. The third-order valence-electron chi connectivity index (χ3n) is 3.01. The molecule has 0 unspecified atom stereocenters. The van der Waals surface area contributed by atoms with E-state index in [0.717, 1.165) is 30.5 Å². The summed E-state index contributed by atoms with van der Waals surface area (Å²) in [7, 11) is 4.07. The minimum absolute atomic E-state index is 0.268. The van der Waals surface area contributed by atoms with Gasteiger partial charge in [-0.3, -0.25) is 0 Å². The van der Waals surface area contributed by atoms with Gasteiger partial charge < -0.3 is 19.6 Å². The number of carbonyl (C=O) groups is 1. The van der Waals surface area contributed by atoms with E-state index in [1.165, 1.54) is 0 Å². The summed E-state index contributed by atoms with van der Waals surface area (Å²) >= 11 is 5.29. The van der Waals surface area contributed by atoms with Crippen LogP contribution < -0.4 is 0 Å². The van der Waals surface area contributed by atoms with E-state index in [1.807, 2.05) is 18.7 Å². The summed E-state index contributed by atoms with van der Waals surface area (Å²) in [6.45, 7) is 1.81. The molecule has 1 aromatic carbocycles. The van der Waals surface area contributed by atoms with Crippen molar-refractivity contribution in [2.45, 2.75) is 13.0 Å². The number of fused-ring (bicyclic) bond motifs is 1. The quantitative estimate of drug-likeness (QED) is 0.825. The highest BCUT2D eigenvalue weighted by Crippen LogP contribution is 2.16. The van der Waals surface area contributed by atoms with Gasteiger partial charge in [-0.15, -0.1) is 0 Å². The van der Waals surface area contributed by atoms with Crippen LogP contribution >= 0.6 is 12.2 Å². The smallest absolute Gasteiger partial charge is 0.335 e. The lowest BCUT2D eigenvalue weighted by atomic mass is 10.2. The van der Waals surface area contributed by atoms with Crippen LogP contribution in [0.5, 0.6) is 0 Å². The monoisotopic (exact) mass is 279 g/mol. The zero-order valence-corrected chi connectivity index (χ0v) is 11.8. The largest absolute Gasteiger partial charge is 0.478 e. The van der Waals surface area contributed by atoms with Crippen LogP contribution in [-0.2, 0) is 6.54 Å². The van der Waals surface area contributed by atoms with Gasteiger partial charge in [0.05, 0.1) is 16.6 Å². The Morgan fingerprint density at radius 1 is 1.47 bits per heavy atom. The molecule has 2 N–H and O–H groups in total. The maximum atomic E-state index is 10.9. The number of carboxylic acid groups (broad SMARTS) is 1. The van der Waals surface area contributed by atoms with E-state index >= 15 is 0 Å². The fraction of sp³-hybridized carbons (Fsp3) is 0.385. The SMILES string of the molecule is CN(C)CCCn1c(=S)[nH]c2cc(C(=O)O)ccc21. The number of aromatic carboxylic acids is 1. The van der Waals surface area contributed by atoms with Gasteiger partial charge in [0, 0.05) is 6.54 Å². The molecule has 0 saturated heterocycles. The summed E-state index contributed by atoms with van der Waals surface area (Å²) in [6.07, 6.45) is 0.995. The Balaban J connectivity index is 2.32. The molecule has 0 radical (unpaired) electrons. The number of hydrogen-bond donors (Lipinski definition) is 2. The zero-order chi connectivity index (χ0) is 14.0. The van der Waals surface area contributed by atoms with Crippen LogP contribution in [0.15, 0.2) is 18.2 Å². The van der Waals surface area contributed by atoms with Gasteiger partial charge in [-0.05, 0) is 57.5 Å². The Morgan fingerprint density at radius 2 is 2.21 bits per heavy atom. The van der Waals surface area contributed by atoms with Crippen molar-refractivity contribution in [2.75, 3.05) is 20.6 Å². The van der Waals surface area contributed by atoms with Gasteiger partial charge in [-0.2, -0.15) is 0 Å². The zero-order valence-electron chi connectivity index (χ0n) is 11.0. The van der Waals surface area contributed by atoms with Crippen LogP contribution in [0.2, 0.25) is 0 Å². The van der Waals surface area contributed by atoms with Crippen molar-refractivity contribution in [2.24, 2.45) is 0 Å². The molecule has 19 heavy (non-hydrogen) atoms. The van der Waals surface area contributed by atoms with Crippen molar-refractivity contribution in [1.29, 1.82) is 0 Å². The summed E-state index contributed by atoms with van der Waals surface area (Å²) < 4.78 is 2.65. The molecule has 0 aliphatic carbocycles. The Hall–Kier alpha value is -1.66. The minimum Gasteiger partial charge on any atom is -0.478 e. The first-order chi connectivity index (χ1) is 8.99. The van der Waals surface area contributed by atoms with Gasteiger partial charge in [0.1, 0.15) is 0 Å². The first kappa shape index (κ1) is 13.8. The van der Waals surface area contributed by atoms with Crippen LogP contribution in [0, 0.1) is 4.77 Å². The average Bonchev–Trinajstić information content (AvgIpc) is 2.64. The van der Waals surface area contributed by atoms with Gasteiger partial charge >= 0.3 is 5.97 Å². The van der Waals surface area contributed by atoms with Gasteiger partial charge in [-0.25, -0.2) is 4.79 Å². The van der Waals surface area contributed by atoms with Crippen molar-refractivity contribution in [1.82, 2.24) is 14.5 Å². The van der Waals surface area contributed by atoms with Gasteiger partial charge in [0.25, 0.3) is 0 Å². The molecule has 0 aliphatic heterocycles. The first-order valence-corrected chi connectivity index (χ1v) is 6.50. The normalized spacial score (nSPS) is 11.3. The molecule has 6 heteroatoms. The molecular formula is C13H17N3O2S. The fourth-order valence-corrected chi connectivity index (χ4v) is 2.36. The highest BCUT2D eigenvalue weighted by atomic mass is 32.1. The molecule has 0 aliphatic rings. The Morgan fingerprint density at radius 3 is 2.84 bits per heavy atom. The van der Waals surface area contributed by atoms with Crippen LogP contribution in [-0.4, -0.2) is 46.2 Å². The third-order valence-corrected chi connectivity index (χ3v) is 3.33. The first-order valence-electron chi connectivity index (χ1n) is 6.09. The lowest BCUT2D eigenvalue weighted by molar-refractivity contribution is 0.0697. The van der Waals surface area contributed by atoms with Gasteiger partial charge in [-0.1, -0.05) is 0 Å². The summed E-state index contributed by atoms with van der Waals surface area (Å²) in [5.74, 6) is -0.929. The predicted octanol–water partition coefficient (Wildman–Crippen LogP) is 2.35. The summed E-state index contributed by atoms with van der Waals surface area (Å²) in [5.41, 5.74) is 1.99. The maximum absolute atomic E-state index is 10.9. The number of nitrogens with one attached hydrogen (secondary N) is 1. The number of H-pyrrole nitrogens is 1. The molecule has 102 valence electrons. The molecule has 0 fully saturated rings. The Bertz CT molecular complexity index is 657. The molecule has 0 spiro atoms. The lowest BCUT2D eigenvalue weighted by Crippen LogP contribution is -2.15. The van der Waals surface area contributed by atoms with Gasteiger partial charge in [0.15, 0.2) is 4.77 Å². The van der Waals surface area contributed by atoms with E-state index in [-0.39, 0.29) is 5.56 Å². The van der Waals surface area contributed by atoms with E-state index in [2.05, 4.69) is 9.88 Å². The van der Waals surface area contributed by atoms with Crippen molar-refractivity contribution >= 4 is 29.2 Å². The van der Waals surface area contributed by atoms with E-state index in [9.17, 15) is 4.79 Å². The van der Waals surface area contributed by atoms with E-state index in [4.69, 9.17) is 17.3 Å². The number of carboxylic acids is 1. The highest BCUT2D eigenvalue weighted by Gasteiger charge is 2.08. The molecule has 2 aromatic rings. The average molecular weight is 279 g/mol. The molecule has 0 atom stereocenters. The van der Waals surface area contributed by atoms with Crippen molar-refractivity contribution < 1.29 is 9.90 Å². The summed E-state index contributed by atoms with van der Waals surface area (Å²) in [5, 5.41) is 8.97. The molecule has 0 saturated carbocycles. The van der Waals surface area contributed by atoms with Crippen LogP contribution in [0.25, 0.3) is 11.0 Å². The van der Waals surface area contributed by atoms with E-state index < -0.39 is 5.97 Å². The van der Waals surface area contributed by atoms with E-state index in [1.54, 1.807) is 18.2 Å². The molecular weight excluding hydrogens is 262 g/mol. The van der Waals surface area contributed by atoms with Crippen molar-refractivity contribution in [3.05, 3.63) is 28.5 Å². The maximum Gasteiger partial charge on any atom is 0.335 e. The number of aromatic amines is 1. The van der Waals surface area contributed by atoms with Crippen LogP contribution in [0.4, 0.5) is 0 Å². The number of nitrogens with zero attached hydrogens (tertiary/aromatic N) is 2. The van der Waals surface area contributed by atoms with Gasteiger partial charge in [0.2, 0.25) is 0 Å². The minimum atomic E-state index is -0.929.